The molecular formula is C16H11ClN2O4. The molecule has 116 valence electrons. The fourth-order valence-corrected chi connectivity index (χ4v) is 2.52. The van der Waals surface area contributed by atoms with Crippen molar-refractivity contribution in [2.45, 2.75) is 0 Å². The molecule has 7 heteroatoms. The molecule has 2 aromatic carbocycles. The summed E-state index contributed by atoms with van der Waals surface area (Å²) in [6, 6.07) is 11.0. The lowest BCUT2D eigenvalue weighted by Gasteiger charge is -2.10. The van der Waals surface area contributed by atoms with Gasteiger partial charge in [0.1, 0.15) is 0 Å². The smallest absolute Gasteiger partial charge is 0.337 e. The van der Waals surface area contributed by atoms with E-state index in [1.165, 1.54) is 29.9 Å². The third-order valence-corrected chi connectivity index (χ3v) is 3.63. The number of fused-ring (bicyclic) bond motifs is 1. The second-order valence-corrected chi connectivity index (χ2v) is 5.23. The monoisotopic (exact) mass is 330 g/mol. The number of nitrogens with one attached hydrogen (secondary N) is 1. The maximum atomic E-state index is 12.3. The maximum Gasteiger partial charge on any atom is 0.337 e. The van der Waals surface area contributed by atoms with Crippen LogP contribution < -0.4 is 11.2 Å². The van der Waals surface area contributed by atoms with Crippen LogP contribution in [0.1, 0.15) is 10.4 Å². The fourth-order valence-electron chi connectivity index (χ4n) is 2.36. The number of hydrogen-bond acceptors (Lipinski definition) is 4. The van der Waals surface area contributed by atoms with Crippen molar-refractivity contribution in [3.63, 3.8) is 0 Å². The summed E-state index contributed by atoms with van der Waals surface area (Å²) < 4.78 is 5.96. The molecule has 0 aliphatic rings. The van der Waals surface area contributed by atoms with Gasteiger partial charge in [0.15, 0.2) is 0 Å². The molecule has 0 saturated heterocycles. The van der Waals surface area contributed by atoms with E-state index in [0.717, 1.165) is 0 Å². The number of nitrogens with zero attached hydrogens (tertiary/aromatic N) is 1. The van der Waals surface area contributed by atoms with E-state index in [2.05, 4.69) is 9.72 Å². The van der Waals surface area contributed by atoms with Crippen LogP contribution in [-0.4, -0.2) is 22.6 Å². The van der Waals surface area contributed by atoms with Crippen molar-refractivity contribution in [3.05, 3.63) is 73.9 Å². The second-order valence-electron chi connectivity index (χ2n) is 4.80. The van der Waals surface area contributed by atoms with Crippen molar-refractivity contribution < 1.29 is 9.53 Å². The highest BCUT2D eigenvalue weighted by molar-refractivity contribution is 6.31. The molecule has 1 heterocycles. The van der Waals surface area contributed by atoms with Crippen LogP contribution in [0.4, 0.5) is 0 Å². The maximum absolute atomic E-state index is 12.3. The number of rotatable bonds is 2. The van der Waals surface area contributed by atoms with Gasteiger partial charge in [0.2, 0.25) is 0 Å². The first-order chi connectivity index (χ1) is 11.0. The Hall–Kier alpha value is -2.86. The van der Waals surface area contributed by atoms with E-state index >= 15 is 0 Å². The van der Waals surface area contributed by atoms with Gasteiger partial charge >= 0.3 is 11.7 Å². The molecule has 0 aliphatic carbocycles. The zero-order chi connectivity index (χ0) is 16.6. The van der Waals surface area contributed by atoms with Crippen molar-refractivity contribution in [1.29, 1.82) is 0 Å². The van der Waals surface area contributed by atoms with Gasteiger partial charge in [-0.2, -0.15) is 0 Å². The van der Waals surface area contributed by atoms with Gasteiger partial charge in [-0.05, 0) is 36.4 Å². The van der Waals surface area contributed by atoms with Gasteiger partial charge in [-0.3, -0.25) is 14.3 Å². The lowest BCUT2D eigenvalue weighted by Crippen LogP contribution is -2.29. The molecule has 3 rings (SSSR count). The van der Waals surface area contributed by atoms with E-state index in [1.54, 1.807) is 24.3 Å². The fraction of sp³-hybridized carbons (Fsp3) is 0.0625. The third-order valence-electron chi connectivity index (χ3n) is 3.39. The Morgan fingerprint density at radius 1 is 1.17 bits per heavy atom. The van der Waals surface area contributed by atoms with E-state index in [4.69, 9.17) is 11.6 Å². The minimum atomic E-state index is -0.619. The molecule has 0 aliphatic heterocycles. The summed E-state index contributed by atoms with van der Waals surface area (Å²) in [4.78, 5) is 38.1. The number of esters is 1. The number of H-pyrrole nitrogens is 1. The summed E-state index contributed by atoms with van der Waals surface area (Å²) in [5, 5.41) is 0.706. The summed E-state index contributed by atoms with van der Waals surface area (Å²) >= 11 is 5.99. The number of halogens is 1. The van der Waals surface area contributed by atoms with Crippen molar-refractivity contribution >= 4 is 28.5 Å². The average Bonchev–Trinajstić information content (AvgIpc) is 2.54. The molecule has 0 bridgehead atoms. The molecule has 6 nitrogen and oxygen atoms in total. The highest BCUT2D eigenvalue weighted by atomic mass is 35.5. The molecule has 0 saturated carbocycles. The number of hydrogen-bond donors (Lipinski definition) is 1. The van der Waals surface area contributed by atoms with E-state index in [1.807, 2.05) is 0 Å². The Labute approximate surface area is 134 Å². The predicted molar refractivity (Wildman–Crippen MR) is 86.5 cm³/mol. The van der Waals surface area contributed by atoms with E-state index in [0.29, 0.717) is 27.2 Å². The number of ether oxygens (including phenoxy) is 1. The van der Waals surface area contributed by atoms with Gasteiger partial charge in [-0.25, -0.2) is 9.59 Å². The van der Waals surface area contributed by atoms with Crippen LogP contribution in [0.3, 0.4) is 0 Å². The van der Waals surface area contributed by atoms with Gasteiger partial charge in [-0.1, -0.05) is 17.7 Å². The van der Waals surface area contributed by atoms with Crippen molar-refractivity contribution in [2.24, 2.45) is 0 Å². The molecular weight excluding hydrogens is 320 g/mol. The molecule has 0 atom stereocenters. The molecule has 0 radical (unpaired) electrons. The zero-order valence-electron chi connectivity index (χ0n) is 12.0. The Kier molecular flexibility index (Phi) is 3.75. The minimum absolute atomic E-state index is 0.290. The summed E-state index contributed by atoms with van der Waals surface area (Å²) in [6.45, 7) is 0. The highest BCUT2D eigenvalue weighted by Crippen LogP contribution is 2.19. The predicted octanol–water partition coefficient (Wildman–Crippen LogP) is 2.12. The van der Waals surface area contributed by atoms with Crippen LogP contribution in [0.2, 0.25) is 5.02 Å². The third kappa shape index (κ3) is 2.64. The first-order valence-electron chi connectivity index (χ1n) is 6.64. The minimum Gasteiger partial charge on any atom is -0.465 e. The number of aromatic nitrogens is 2. The van der Waals surface area contributed by atoms with Crippen LogP contribution in [0, 0.1) is 0 Å². The number of benzene rings is 2. The van der Waals surface area contributed by atoms with E-state index in [9.17, 15) is 14.4 Å². The number of carbonyl (C=O) groups is 1. The largest absolute Gasteiger partial charge is 0.465 e. The molecule has 0 spiro atoms. The summed E-state index contributed by atoms with van der Waals surface area (Å²) in [5.41, 5.74) is -0.0539. The van der Waals surface area contributed by atoms with E-state index in [-0.39, 0.29) is 0 Å². The Bertz CT molecular complexity index is 1040. The lowest BCUT2D eigenvalue weighted by molar-refractivity contribution is 0.0600. The summed E-state index contributed by atoms with van der Waals surface area (Å²) in [7, 11) is 1.27. The van der Waals surface area contributed by atoms with Gasteiger partial charge in [0.05, 0.1) is 29.3 Å². The topological polar surface area (TPSA) is 81.2 Å². The first-order valence-corrected chi connectivity index (χ1v) is 7.02. The summed E-state index contributed by atoms with van der Waals surface area (Å²) in [5.74, 6) is -0.522. The Morgan fingerprint density at radius 2 is 1.96 bits per heavy atom. The van der Waals surface area contributed by atoms with Crippen LogP contribution in [0.25, 0.3) is 16.6 Å². The molecule has 0 fully saturated rings. The lowest BCUT2D eigenvalue weighted by atomic mass is 10.2. The standard InChI is InChI=1S/C16H11ClN2O4/c1-23-15(21)9-3-2-4-11(7-9)19-13-8-10(17)5-6-12(13)14(20)18-16(19)22/h2-8H,1H3,(H,18,20,22). The Morgan fingerprint density at radius 3 is 2.70 bits per heavy atom. The quantitative estimate of drug-likeness (QED) is 0.730. The second kappa shape index (κ2) is 5.73. The van der Waals surface area contributed by atoms with Gasteiger partial charge in [-0.15, -0.1) is 0 Å². The molecule has 0 unspecified atom stereocenters. The number of aromatic amines is 1. The van der Waals surface area contributed by atoms with Crippen LogP contribution in [0.5, 0.6) is 0 Å². The SMILES string of the molecule is COC(=O)c1cccc(-n2c(=O)[nH]c(=O)c3ccc(Cl)cc32)c1. The Balaban J connectivity index is 2.37. The van der Waals surface area contributed by atoms with Gasteiger partial charge < -0.3 is 4.74 Å². The molecule has 0 amide bonds. The van der Waals surface area contributed by atoms with Gasteiger partial charge in [0.25, 0.3) is 5.56 Å². The van der Waals surface area contributed by atoms with Crippen molar-refractivity contribution in [1.82, 2.24) is 9.55 Å². The normalized spacial score (nSPS) is 10.7. The average molecular weight is 331 g/mol. The van der Waals surface area contributed by atoms with Gasteiger partial charge in [0, 0.05) is 5.02 Å². The van der Waals surface area contributed by atoms with Crippen LogP contribution >= 0.6 is 11.6 Å². The number of carbonyl (C=O) groups excluding carboxylic acids is 1. The zero-order valence-corrected chi connectivity index (χ0v) is 12.8. The summed E-state index contributed by atoms with van der Waals surface area (Å²) in [6.07, 6.45) is 0. The molecule has 23 heavy (non-hydrogen) atoms. The molecule has 1 N–H and O–H groups in total. The number of methoxy groups -OCH3 is 1. The van der Waals surface area contributed by atoms with Crippen molar-refractivity contribution in [3.8, 4) is 5.69 Å². The van der Waals surface area contributed by atoms with E-state index < -0.39 is 17.2 Å². The first kappa shape index (κ1) is 15.1. The van der Waals surface area contributed by atoms with Crippen molar-refractivity contribution in [2.75, 3.05) is 7.11 Å². The molecule has 1 aromatic heterocycles. The molecule has 3 aromatic rings. The highest BCUT2D eigenvalue weighted by Gasteiger charge is 2.12. The van der Waals surface area contributed by atoms with Crippen LogP contribution in [-0.2, 0) is 4.74 Å². The van der Waals surface area contributed by atoms with Crippen LogP contribution in [0.15, 0.2) is 52.1 Å².